The van der Waals surface area contributed by atoms with Crippen molar-refractivity contribution < 1.29 is 26.7 Å². The Kier molecular flexibility index (Phi) is 7.31. The molecule has 0 N–H and O–H groups in total. The number of ether oxygens (including phenoxy) is 1. The Hall–Kier alpha value is -1.33. The average molecular weight is 270 g/mol. The normalized spacial score (nSPS) is 9.78. The first kappa shape index (κ1) is 16.7. The minimum atomic E-state index is -2.20. The molecular formula is C12H15F5O. The molecule has 1 rings (SSSR count). The van der Waals surface area contributed by atoms with Crippen LogP contribution in [0.15, 0.2) is 0 Å². The van der Waals surface area contributed by atoms with Gasteiger partial charge in [-0.25, -0.2) is 13.2 Å². The Morgan fingerprint density at radius 2 is 1.06 bits per heavy atom. The largest absolute Gasteiger partial charge is 0.491 e. The third-order valence-electron chi connectivity index (χ3n) is 2.08. The third kappa shape index (κ3) is 3.85. The summed E-state index contributed by atoms with van der Waals surface area (Å²) < 4.78 is 66.2. The Morgan fingerprint density at radius 3 is 1.28 bits per heavy atom. The summed E-state index contributed by atoms with van der Waals surface area (Å²) in [4.78, 5) is 0. The SMILES string of the molecule is CCCCC.COc1c(F)c(F)c(F)c(F)c1F. The van der Waals surface area contributed by atoms with Crippen LogP contribution in [-0.2, 0) is 0 Å². The summed E-state index contributed by atoms with van der Waals surface area (Å²) in [5.74, 6) is -11.5. The highest BCUT2D eigenvalue weighted by Crippen LogP contribution is 2.28. The van der Waals surface area contributed by atoms with E-state index in [-0.39, 0.29) is 0 Å². The molecule has 6 heteroatoms. The van der Waals surface area contributed by atoms with Crippen LogP contribution in [0.3, 0.4) is 0 Å². The highest BCUT2D eigenvalue weighted by Gasteiger charge is 2.26. The van der Waals surface area contributed by atoms with E-state index in [1.807, 2.05) is 0 Å². The number of rotatable bonds is 3. The molecule has 0 fully saturated rings. The van der Waals surface area contributed by atoms with Gasteiger partial charge in [0.15, 0.2) is 5.75 Å². The van der Waals surface area contributed by atoms with E-state index in [2.05, 4.69) is 18.6 Å². The van der Waals surface area contributed by atoms with Crippen molar-refractivity contribution in [3.8, 4) is 5.75 Å². The van der Waals surface area contributed by atoms with E-state index in [9.17, 15) is 22.0 Å². The number of unbranched alkanes of at least 4 members (excludes halogenated alkanes) is 2. The Labute approximate surface area is 103 Å². The lowest BCUT2D eigenvalue weighted by Gasteiger charge is -2.05. The van der Waals surface area contributed by atoms with Crippen molar-refractivity contribution in [3.05, 3.63) is 29.1 Å². The van der Waals surface area contributed by atoms with Gasteiger partial charge in [0.1, 0.15) is 0 Å². The summed E-state index contributed by atoms with van der Waals surface area (Å²) >= 11 is 0. The van der Waals surface area contributed by atoms with Crippen LogP contribution in [0.1, 0.15) is 33.1 Å². The second-order valence-electron chi connectivity index (χ2n) is 3.46. The summed E-state index contributed by atoms with van der Waals surface area (Å²) in [6.07, 6.45) is 4.08. The monoisotopic (exact) mass is 270 g/mol. The molecule has 104 valence electrons. The van der Waals surface area contributed by atoms with E-state index in [0.717, 1.165) is 7.11 Å². The molecule has 0 heterocycles. The molecule has 0 aliphatic carbocycles. The molecule has 0 radical (unpaired) electrons. The van der Waals surface area contributed by atoms with Crippen molar-refractivity contribution in [2.24, 2.45) is 0 Å². The van der Waals surface area contributed by atoms with Gasteiger partial charge in [0.05, 0.1) is 7.11 Å². The fourth-order valence-corrected chi connectivity index (χ4v) is 1.12. The molecule has 0 bridgehead atoms. The molecular weight excluding hydrogens is 255 g/mol. The first-order valence-corrected chi connectivity index (χ1v) is 5.47. The first-order chi connectivity index (χ1) is 8.42. The number of hydrogen-bond donors (Lipinski definition) is 0. The minimum Gasteiger partial charge on any atom is -0.491 e. The van der Waals surface area contributed by atoms with Crippen LogP contribution < -0.4 is 4.74 Å². The molecule has 18 heavy (non-hydrogen) atoms. The van der Waals surface area contributed by atoms with Crippen molar-refractivity contribution >= 4 is 0 Å². The predicted octanol–water partition coefficient (Wildman–Crippen LogP) is 4.59. The van der Waals surface area contributed by atoms with Crippen molar-refractivity contribution in [2.45, 2.75) is 33.1 Å². The molecule has 1 aromatic carbocycles. The van der Waals surface area contributed by atoms with Gasteiger partial charge < -0.3 is 4.74 Å². The maximum Gasteiger partial charge on any atom is 0.206 e. The fraction of sp³-hybridized carbons (Fsp3) is 0.500. The van der Waals surface area contributed by atoms with Crippen LogP contribution in [0.25, 0.3) is 0 Å². The van der Waals surface area contributed by atoms with Crippen molar-refractivity contribution in [1.29, 1.82) is 0 Å². The van der Waals surface area contributed by atoms with Gasteiger partial charge in [0.2, 0.25) is 29.1 Å². The van der Waals surface area contributed by atoms with Crippen LogP contribution in [0.5, 0.6) is 5.75 Å². The molecule has 0 saturated carbocycles. The topological polar surface area (TPSA) is 9.23 Å². The molecule has 1 nitrogen and oxygen atoms in total. The maximum absolute atomic E-state index is 12.6. The number of methoxy groups -OCH3 is 1. The zero-order chi connectivity index (χ0) is 14.3. The molecule has 0 spiro atoms. The highest BCUT2D eigenvalue weighted by atomic mass is 19.2. The standard InChI is InChI=1S/C7H3F5O.C5H12/c1-13-7-5(11)3(9)2(8)4(10)6(7)12;1-3-5-4-2/h1H3;3-5H2,1-2H3. The molecule has 0 aliphatic heterocycles. The lowest BCUT2D eigenvalue weighted by atomic mass is 10.3. The Morgan fingerprint density at radius 1 is 0.722 bits per heavy atom. The molecule has 0 amide bonds. The summed E-state index contributed by atoms with van der Waals surface area (Å²) in [6.45, 7) is 4.42. The van der Waals surface area contributed by atoms with Gasteiger partial charge >= 0.3 is 0 Å². The van der Waals surface area contributed by atoms with Crippen LogP contribution in [0, 0.1) is 29.1 Å². The van der Waals surface area contributed by atoms with Crippen molar-refractivity contribution in [2.75, 3.05) is 7.11 Å². The van der Waals surface area contributed by atoms with Gasteiger partial charge in [0.25, 0.3) is 0 Å². The molecule has 1 aromatic rings. The van der Waals surface area contributed by atoms with Crippen LogP contribution in [0.2, 0.25) is 0 Å². The summed E-state index contributed by atoms with van der Waals surface area (Å²) in [6, 6.07) is 0. The smallest absolute Gasteiger partial charge is 0.206 e. The molecule has 0 aliphatic rings. The van der Waals surface area contributed by atoms with E-state index in [0.29, 0.717) is 0 Å². The average Bonchev–Trinajstić information content (AvgIpc) is 2.36. The van der Waals surface area contributed by atoms with Gasteiger partial charge in [0, 0.05) is 0 Å². The number of benzene rings is 1. The lowest BCUT2D eigenvalue weighted by Crippen LogP contribution is -2.04. The van der Waals surface area contributed by atoms with Gasteiger partial charge in [-0.1, -0.05) is 33.1 Å². The van der Waals surface area contributed by atoms with E-state index in [1.165, 1.54) is 19.3 Å². The van der Waals surface area contributed by atoms with Gasteiger partial charge in [-0.2, -0.15) is 8.78 Å². The number of hydrogen-bond acceptors (Lipinski definition) is 1. The third-order valence-corrected chi connectivity index (χ3v) is 2.08. The Balaban J connectivity index is 0.000000494. The minimum absolute atomic E-state index is 0.804. The quantitative estimate of drug-likeness (QED) is 0.443. The molecule has 0 aromatic heterocycles. The summed E-state index contributed by atoms with van der Waals surface area (Å²) in [5, 5.41) is 0. The number of halogens is 5. The van der Waals surface area contributed by atoms with Crippen LogP contribution >= 0.6 is 0 Å². The zero-order valence-corrected chi connectivity index (χ0v) is 10.4. The van der Waals surface area contributed by atoms with Gasteiger partial charge in [-0.05, 0) is 0 Å². The highest BCUT2D eigenvalue weighted by molar-refractivity contribution is 5.29. The predicted molar refractivity (Wildman–Crippen MR) is 58.0 cm³/mol. The van der Waals surface area contributed by atoms with Crippen molar-refractivity contribution in [1.82, 2.24) is 0 Å². The van der Waals surface area contributed by atoms with Crippen LogP contribution in [-0.4, -0.2) is 7.11 Å². The van der Waals surface area contributed by atoms with E-state index in [4.69, 9.17) is 0 Å². The zero-order valence-electron chi connectivity index (χ0n) is 10.4. The van der Waals surface area contributed by atoms with Gasteiger partial charge in [-0.15, -0.1) is 0 Å². The Bertz CT molecular complexity index is 362. The fourth-order valence-electron chi connectivity index (χ4n) is 1.12. The second-order valence-corrected chi connectivity index (χ2v) is 3.46. The molecule has 0 atom stereocenters. The maximum atomic E-state index is 12.6. The van der Waals surface area contributed by atoms with Crippen LogP contribution in [0.4, 0.5) is 22.0 Å². The van der Waals surface area contributed by atoms with Gasteiger partial charge in [-0.3, -0.25) is 0 Å². The van der Waals surface area contributed by atoms with Crippen molar-refractivity contribution in [3.63, 3.8) is 0 Å². The second kappa shape index (κ2) is 7.89. The van der Waals surface area contributed by atoms with E-state index < -0.39 is 34.8 Å². The lowest BCUT2D eigenvalue weighted by molar-refractivity contribution is 0.310. The molecule has 0 saturated heterocycles. The molecule has 0 unspecified atom stereocenters. The van der Waals surface area contributed by atoms with E-state index in [1.54, 1.807) is 0 Å². The van der Waals surface area contributed by atoms with E-state index >= 15 is 0 Å². The summed E-state index contributed by atoms with van der Waals surface area (Å²) in [5.41, 5.74) is 0. The first-order valence-electron chi connectivity index (χ1n) is 5.47. The summed E-state index contributed by atoms with van der Waals surface area (Å²) in [7, 11) is 0.804.